The number of amides is 2. The lowest BCUT2D eigenvalue weighted by molar-refractivity contribution is -0.122. The van der Waals surface area contributed by atoms with Crippen LogP contribution in [0.4, 0.5) is 10.5 Å². The van der Waals surface area contributed by atoms with E-state index in [2.05, 4.69) is 10.1 Å². The van der Waals surface area contributed by atoms with E-state index in [-0.39, 0.29) is 4.90 Å². The molecular weight excluding hydrogens is 408 g/mol. The van der Waals surface area contributed by atoms with Crippen LogP contribution in [0.5, 0.6) is 5.75 Å². The van der Waals surface area contributed by atoms with Crippen LogP contribution < -0.4 is 14.8 Å². The zero-order valence-electron chi connectivity index (χ0n) is 15.4. The lowest BCUT2D eigenvalue weighted by Crippen LogP contribution is -2.31. The zero-order chi connectivity index (χ0) is 20.9. The smallest absolute Gasteiger partial charge is 0.420 e. The molecule has 0 aliphatic heterocycles. The van der Waals surface area contributed by atoms with Crippen molar-refractivity contribution in [3.63, 3.8) is 0 Å². The molecule has 2 aromatic carbocycles. The average Bonchev–Trinajstić information content (AvgIpc) is 2.63. The van der Waals surface area contributed by atoms with Crippen molar-refractivity contribution >= 4 is 39.3 Å². The number of carbonyl (C=O) groups is 2. The van der Waals surface area contributed by atoms with E-state index < -0.39 is 28.1 Å². The quantitative estimate of drug-likeness (QED) is 0.734. The summed E-state index contributed by atoms with van der Waals surface area (Å²) in [6.45, 7) is 3.40. The van der Waals surface area contributed by atoms with Gasteiger partial charge in [0.05, 0.1) is 12.0 Å². The molecule has 0 heterocycles. The van der Waals surface area contributed by atoms with Crippen LogP contribution in [0.3, 0.4) is 0 Å². The first-order chi connectivity index (χ1) is 13.1. The maximum Gasteiger partial charge on any atom is 0.420 e. The van der Waals surface area contributed by atoms with E-state index in [0.717, 1.165) is 12.7 Å². The highest BCUT2D eigenvalue weighted by atomic mass is 35.5. The van der Waals surface area contributed by atoms with Crippen LogP contribution in [0, 0.1) is 6.92 Å². The van der Waals surface area contributed by atoms with E-state index in [1.54, 1.807) is 29.8 Å². The van der Waals surface area contributed by atoms with Gasteiger partial charge in [-0.2, -0.15) is 0 Å². The van der Waals surface area contributed by atoms with Gasteiger partial charge in [0.25, 0.3) is 15.9 Å². The maximum atomic E-state index is 12.3. The van der Waals surface area contributed by atoms with Crippen LogP contribution in [0.1, 0.15) is 12.5 Å². The van der Waals surface area contributed by atoms with Crippen LogP contribution in [0.2, 0.25) is 5.02 Å². The highest BCUT2D eigenvalue weighted by molar-refractivity contribution is 7.90. The molecule has 0 radical (unpaired) electrons. The van der Waals surface area contributed by atoms with E-state index >= 15 is 0 Å². The summed E-state index contributed by atoms with van der Waals surface area (Å²) in [5.41, 5.74) is 1.16. The molecule has 0 aliphatic rings. The molecule has 10 heteroatoms. The Hall–Kier alpha value is -2.78. The average molecular weight is 427 g/mol. The lowest BCUT2D eigenvalue weighted by atomic mass is 10.2. The first kappa shape index (κ1) is 21.5. The minimum Gasteiger partial charge on any atom is -0.481 e. The van der Waals surface area contributed by atoms with Crippen molar-refractivity contribution in [3.05, 3.63) is 53.1 Å². The van der Waals surface area contributed by atoms with Crippen molar-refractivity contribution in [1.29, 1.82) is 0 Å². The number of methoxy groups -OCH3 is 1. The molecule has 8 nitrogen and oxygen atoms in total. The number of sulfonamides is 1. The number of hydrogen-bond donors (Lipinski definition) is 2. The van der Waals surface area contributed by atoms with Gasteiger partial charge in [0.2, 0.25) is 0 Å². The Morgan fingerprint density at radius 2 is 1.75 bits per heavy atom. The monoisotopic (exact) mass is 426 g/mol. The van der Waals surface area contributed by atoms with E-state index in [1.807, 2.05) is 6.92 Å². The van der Waals surface area contributed by atoms with Crippen LogP contribution in [0.25, 0.3) is 0 Å². The molecule has 0 bridgehead atoms. The first-order valence-electron chi connectivity index (χ1n) is 8.07. The molecular formula is C18H19ClN2O6S. The van der Waals surface area contributed by atoms with Gasteiger partial charge < -0.3 is 14.8 Å². The van der Waals surface area contributed by atoms with Crippen LogP contribution in [-0.4, -0.2) is 33.6 Å². The largest absolute Gasteiger partial charge is 0.481 e. The number of aryl methyl sites for hydroxylation is 1. The third-order valence-corrected chi connectivity index (χ3v) is 5.21. The molecule has 0 fully saturated rings. The van der Waals surface area contributed by atoms with Gasteiger partial charge in [0, 0.05) is 10.7 Å². The Kier molecular flexibility index (Phi) is 6.87. The van der Waals surface area contributed by atoms with Crippen molar-refractivity contribution in [2.75, 3.05) is 12.4 Å². The SMILES string of the molecule is COC(=O)NS(=O)(=O)c1ccc(NC(=O)C(C)Oc2ccc(Cl)cc2C)cc1. The maximum absolute atomic E-state index is 12.3. The molecule has 0 aromatic heterocycles. The summed E-state index contributed by atoms with van der Waals surface area (Å²) >= 11 is 5.90. The zero-order valence-corrected chi connectivity index (χ0v) is 16.9. The highest BCUT2D eigenvalue weighted by Gasteiger charge is 2.19. The molecule has 150 valence electrons. The Balaban J connectivity index is 2.03. The van der Waals surface area contributed by atoms with Crippen LogP contribution in [0.15, 0.2) is 47.4 Å². The minimum absolute atomic E-state index is 0.156. The molecule has 1 atom stereocenters. The second kappa shape index (κ2) is 8.94. The van der Waals surface area contributed by atoms with E-state index in [1.165, 1.54) is 24.3 Å². The van der Waals surface area contributed by atoms with Gasteiger partial charge in [0.1, 0.15) is 5.75 Å². The molecule has 2 aromatic rings. The van der Waals surface area contributed by atoms with Gasteiger partial charge >= 0.3 is 6.09 Å². The molecule has 0 saturated heterocycles. The Morgan fingerprint density at radius 1 is 1.11 bits per heavy atom. The first-order valence-corrected chi connectivity index (χ1v) is 9.93. The number of benzene rings is 2. The Bertz CT molecular complexity index is 976. The summed E-state index contributed by atoms with van der Waals surface area (Å²) in [6.07, 6.45) is -1.90. The van der Waals surface area contributed by atoms with Gasteiger partial charge in [0.15, 0.2) is 6.10 Å². The van der Waals surface area contributed by atoms with E-state index in [9.17, 15) is 18.0 Å². The van der Waals surface area contributed by atoms with Gasteiger partial charge in [-0.25, -0.2) is 17.9 Å². The fourth-order valence-electron chi connectivity index (χ4n) is 2.16. The molecule has 0 saturated carbocycles. The predicted molar refractivity (Wildman–Crippen MR) is 104 cm³/mol. The number of halogens is 1. The van der Waals surface area contributed by atoms with Gasteiger partial charge in [-0.15, -0.1) is 0 Å². The summed E-state index contributed by atoms with van der Waals surface area (Å²) in [5, 5.41) is 3.19. The van der Waals surface area contributed by atoms with Crippen LogP contribution in [-0.2, 0) is 19.6 Å². The predicted octanol–water partition coefficient (Wildman–Crippen LogP) is 3.10. The molecule has 2 N–H and O–H groups in total. The summed E-state index contributed by atoms with van der Waals surface area (Å²) in [7, 11) is -3.00. The van der Waals surface area contributed by atoms with Gasteiger partial charge in [-0.1, -0.05) is 11.6 Å². The summed E-state index contributed by atoms with van der Waals surface area (Å²) in [5.74, 6) is 0.111. The number of anilines is 1. The van der Waals surface area contributed by atoms with Crippen molar-refractivity contribution in [2.24, 2.45) is 0 Å². The number of hydrogen-bond acceptors (Lipinski definition) is 6. The summed E-state index contributed by atoms with van der Waals surface area (Å²) in [4.78, 5) is 23.2. The molecule has 1 unspecified atom stereocenters. The Morgan fingerprint density at radius 3 is 2.32 bits per heavy atom. The second-order valence-corrected chi connectivity index (χ2v) is 7.90. The topological polar surface area (TPSA) is 111 Å². The van der Waals surface area contributed by atoms with Gasteiger partial charge in [-0.3, -0.25) is 4.79 Å². The van der Waals surface area contributed by atoms with Crippen LogP contribution >= 0.6 is 11.6 Å². The third kappa shape index (κ3) is 5.61. The number of carbonyl (C=O) groups excluding carboxylic acids is 2. The third-order valence-electron chi connectivity index (χ3n) is 3.65. The van der Waals surface area contributed by atoms with Crippen molar-refractivity contribution in [1.82, 2.24) is 4.72 Å². The normalized spacial score (nSPS) is 12.0. The molecule has 28 heavy (non-hydrogen) atoms. The van der Waals surface area contributed by atoms with E-state index in [4.69, 9.17) is 16.3 Å². The minimum atomic E-state index is -4.05. The van der Waals surface area contributed by atoms with Gasteiger partial charge in [-0.05, 0) is 61.9 Å². The van der Waals surface area contributed by atoms with Crippen molar-refractivity contribution in [3.8, 4) is 5.75 Å². The van der Waals surface area contributed by atoms with Crippen molar-refractivity contribution < 1.29 is 27.5 Å². The molecule has 0 spiro atoms. The van der Waals surface area contributed by atoms with Crippen molar-refractivity contribution in [2.45, 2.75) is 24.8 Å². The second-order valence-electron chi connectivity index (χ2n) is 5.78. The van der Waals surface area contributed by atoms with E-state index in [0.29, 0.717) is 16.5 Å². The summed E-state index contributed by atoms with van der Waals surface area (Å²) < 4.78 is 35.6. The molecule has 2 rings (SSSR count). The fourth-order valence-corrected chi connectivity index (χ4v) is 3.30. The number of rotatable bonds is 6. The Labute approximate surface area is 167 Å². The lowest BCUT2D eigenvalue weighted by Gasteiger charge is -2.16. The molecule has 2 amide bonds. The molecule has 0 aliphatic carbocycles. The summed E-state index contributed by atoms with van der Waals surface area (Å²) in [6, 6.07) is 10.3. The standard InChI is InChI=1S/C18H19ClN2O6S/c1-11-10-13(19)4-9-16(11)27-12(2)17(22)20-14-5-7-15(8-6-14)28(24,25)21-18(23)26-3/h4-10,12H,1-3H3,(H,20,22)(H,21,23). The fraction of sp³-hybridized carbons (Fsp3) is 0.222. The number of ether oxygens (including phenoxy) is 2. The highest BCUT2D eigenvalue weighted by Crippen LogP contribution is 2.23. The number of nitrogens with one attached hydrogen (secondary N) is 2.